The number of allylic oxidation sites excluding steroid dienone is 2. The quantitative estimate of drug-likeness (QED) is 0.585. The van der Waals surface area contributed by atoms with E-state index in [1.165, 1.54) is 4.90 Å². The van der Waals surface area contributed by atoms with E-state index in [4.69, 9.17) is 0 Å². The van der Waals surface area contributed by atoms with Crippen molar-refractivity contribution in [3.63, 3.8) is 0 Å². The molecule has 3 aliphatic rings. The van der Waals surface area contributed by atoms with Gasteiger partial charge >= 0.3 is 0 Å². The molecule has 3 nitrogen and oxygen atoms in total. The van der Waals surface area contributed by atoms with Crippen LogP contribution in [-0.4, -0.2) is 11.8 Å². The Kier molecular flexibility index (Phi) is 2.49. The van der Waals surface area contributed by atoms with Crippen molar-refractivity contribution in [2.75, 3.05) is 4.90 Å². The van der Waals surface area contributed by atoms with Gasteiger partial charge in [0, 0.05) is 4.47 Å². The number of rotatable bonds is 1. The number of hydrogen-bond donors (Lipinski definition) is 0. The van der Waals surface area contributed by atoms with Gasteiger partial charge in [0.1, 0.15) is 0 Å². The molecule has 4 heteroatoms. The number of nitrogens with zero attached hydrogens (tertiary/aromatic N) is 1. The molecule has 0 N–H and O–H groups in total. The highest BCUT2D eigenvalue weighted by molar-refractivity contribution is 9.10. The second-order valence-electron chi connectivity index (χ2n) is 5.90. The summed E-state index contributed by atoms with van der Waals surface area (Å²) in [7, 11) is 0. The number of imide groups is 1. The zero-order chi connectivity index (χ0) is 14.0. The highest BCUT2D eigenvalue weighted by atomic mass is 79.9. The molecular weight excluding hydrogens is 318 g/mol. The molecule has 1 heterocycles. The molecule has 2 aliphatic carbocycles. The molecule has 4 unspecified atom stereocenters. The third-order valence-corrected chi connectivity index (χ3v) is 5.81. The molecule has 20 heavy (non-hydrogen) atoms. The lowest BCUT2D eigenvalue weighted by atomic mass is 9.85. The summed E-state index contributed by atoms with van der Waals surface area (Å²) < 4.78 is 0.925. The Balaban J connectivity index is 1.80. The second kappa shape index (κ2) is 4.04. The predicted octanol–water partition coefficient (Wildman–Crippen LogP) is 3.07. The van der Waals surface area contributed by atoms with Crippen LogP contribution in [-0.2, 0) is 9.59 Å². The summed E-state index contributed by atoms with van der Waals surface area (Å²) in [4.78, 5) is 26.8. The van der Waals surface area contributed by atoms with E-state index < -0.39 is 0 Å². The molecule has 4 atom stereocenters. The number of hydrogen-bond acceptors (Lipinski definition) is 2. The van der Waals surface area contributed by atoms with Gasteiger partial charge in [-0.1, -0.05) is 34.1 Å². The van der Waals surface area contributed by atoms with Gasteiger partial charge in [0.25, 0.3) is 0 Å². The minimum absolute atomic E-state index is 0.0157. The van der Waals surface area contributed by atoms with E-state index >= 15 is 0 Å². The first-order valence-corrected chi connectivity index (χ1v) is 7.70. The van der Waals surface area contributed by atoms with Crippen LogP contribution in [0.5, 0.6) is 0 Å². The van der Waals surface area contributed by atoms with Crippen LogP contribution >= 0.6 is 15.9 Å². The van der Waals surface area contributed by atoms with Crippen molar-refractivity contribution in [1.29, 1.82) is 0 Å². The zero-order valence-electron chi connectivity index (χ0n) is 11.0. The van der Waals surface area contributed by atoms with E-state index in [0.29, 0.717) is 0 Å². The normalized spacial score (nSPS) is 34.2. The van der Waals surface area contributed by atoms with Gasteiger partial charge in [0.05, 0.1) is 17.5 Å². The number of halogens is 1. The Morgan fingerprint density at radius 2 is 1.70 bits per heavy atom. The molecule has 0 radical (unpaired) electrons. The van der Waals surface area contributed by atoms with Crippen molar-refractivity contribution in [2.45, 2.75) is 13.3 Å². The van der Waals surface area contributed by atoms with Crippen LogP contribution in [0.25, 0.3) is 0 Å². The SMILES string of the molecule is Cc1c(Br)cccc1N1C(=O)C2C3C=CC(C3)C2C1=O. The fourth-order valence-corrected chi connectivity index (χ4v) is 4.33. The highest BCUT2D eigenvalue weighted by Crippen LogP contribution is 2.53. The molecule has 2 amide bonds. The zero-order valence-corrected chi connectivity index (χ0v) is 12.6. The predicted molar refractivity (Wildman–Crippen MR) is 79.1 cm³/mol. The maximum Gasteiger partial charge on any atom is 0.238 e. The first kappa shape index (κ1) is 12.3. The van der Waals surface area contributed by atoms with E-state index in [1.807, 2.05) is 25.1 Å². The fraction of sp³-hybridized carbons (Fsp3) is 0.375. The van der Waals surface area contributed by atoms with Crippen LogP contribution in [0.3, 0.4) is 0 Å². The molecule has 1 saturated heterocycles. The summed E-state index contributed by atoms with van der Waals surface area (Å²) in [6, 6.07) is 5.65. The van der Waals surface area contributed by atoms with Gasteiger partial charge in [-0.3, -0.25) is 9.59 Å². The third kappa shape index (κ3) is 1.40. The summed E-state index contributed by atoms with van der Waals surface area (Å²) in [6.45, 7) is 1.93. The topological polar surface area (TPSA) is 37.4 Å². The maximum absolute atomic E-state index is 12.7. The molecule has 1 saturated carbocycles. The standard InChI is InChI=1S/C16H14BrNO2/c1-8-11(17)3-2-4-12(8)18-15(19)13-9-5-6-10(7-9)14(13)16(18)20/h2-6,9-10,13-14H,7H2,1H3. The Morgan fingerprint density at radius 3 is 2.30 bits per heavy atom. The third-order valence-electron chi connectivity index (χ3n) is 4.95. The Hall–Kier alpha value is -1.42. The average Bonchev–Trinajstić information content (AvgIpc) is 3.09. The molecule has 2 bridgehead atoms. The van der Waals surface area contributed by atoms with E-state index in [-0.39, 0.29) is 35.5 Å². The molecule has 0 aromatic heterocycles. The van der Waals surface area contributed by atoms with Gasteiger partial charge in [-0.15, -0.1) is 0 Å². The van der Waals surface area contributed by atoms with E-state index in [1.54, 1.807) is 0 Å². The molecule has 2 fully saturated rings. The number of carbonyl (C=O) groups excluding carboxylic acids is 2. The van der Waals surface area contributed by atoms with Gasteiger partial charge in [-0.25, -0.2) is 4.90 Å². The highest BCUT2D eigenvalue weighted by Gasteiger charge is 2.59. The van der Waals surface area contributed by atoms with Gasteiger partial charge in [-0.2, -0.15) is 0 Å². The Bertz CT molecular complexity index is 636. The van der Waals surface area contributed by atoms with Crippen LogP contribution in [0.1, 0.15) is 12.0 Å². The molecule has 0 spiro atoms. The molecule has 1 aromatic carbocycles. The lowest BCUT2D eigenvalue weighted by molar-refractivity contribution is -0.123. The minimum Gasteiger partial charge on any atom is -0.274 e. The van der Waals surface area contributed by atoms with E-state index in [0.717, 1.165) is 22.1 Å². The molecular formula is C16H14BrNO2. The smallest absolute Gasteiger partial charge is 0.238 e. The van der Waals surface area contributed by atoms with Crippen LogP contribution in [0.4, 0.5) is 5.69 Å². The average molecular weight is 332 g/mol. The largest absolute Gasteiger partial charge is 0.274 e. The molecule has 102 valence electrons. The second-order valence-corrected chi connectivity index (χ2v) is 6.75. The van der Waals surface area contributed by atoms with Crippen LogP contribution in [0, 0.1) is 30.6 Å². The van der Waals surface area contributed by atoms with Crippen molar-refractivity contribution in [2.24, 2.45) is 23.7 Å². The summed E-state index contributed by atoms with van der Waals surface area (Å²) in [5, 5.41) is 0. The number of benzene rings is 1. The van der Waals surface area contributed by atoms with Crippen LogP contribution in [0.15, 0.2) is 34.8 Å². The van der Waals surface area contributed by atoms with E-state index in [9.17, 15) is 9.59 Å². The van der Waals surface area contributed by atoms with Crippen LogP contribution in [0.2, 0.25) is 0 Å². The summed E-state index contributed by atoms with van der Waals surface area (Å²) in [5.41, 5.74) is 1.66. The van der Waals surface area contributed by atoms with Gasteiger partial charge in [-0.05, 0) is 42.9 Å². The lowest BCUT2D eigenvalue weighted by Gasteiger charge is -2.20. The van der Waals surface area contributed by atoms with Crippen molar-refractivity contribution in [3.8, 4) is 0 Å². The van der Waals surface area contributed by atoms with Crippen molar-refractivity contribution in [3.05, 3.63) is 40.4 Å². The number of amides is 2. The van der Waals surface area contributed by atoms with Gasteiger partial charge in [0.15, 0.2) is 0 Å². The van der Waals surface area contributed by atoms with Crippen molar-refractivity contribution in [1.82, 2.24) is 0 Å². The Morgan fingerprint density at radius 1 is 1.10 bits per heavy atom. The summed E-state index contributed by atoms with van der Waals surface area (Å²) >= 11 is 3.47. The van der Waals surface area contributed by atoms with Gasteiger partial charge in [0.2, 0.25) is 11.8 Å². The monoisotopic (exact) mass is 331 g/mol. The summed E-state index contributed by atoms with van der Waals surface area (Å²) in [5.74, 6) is 0.237. The first-order chi connectivity index (χ1) is 9.59. The van der Waals surface area contributed by atoms with E-state index in [2.05, 4.69) is 28.1 Å². The number of anilines is 1. The number of fused-ring (bicyclic) bond motifs is 5. The van der Waals surface area contributed by atoms with Crippen LogP contribution < -0.4 is 4.90 Å². The van der Waals surface area contributed by atoms with Crippen molar-refractivity contribution < 1.29 is 9.59 Å². The maximum atomic E-state index is 12.7. The molecule has 1 aromatic rings. The fourth-order valence-electron chi connectivity index (χ4n) is 3.98. The minimum atomic E-state index is -0.129. The molecule has 1 aliphatic heterocycles. The first-order valence-electron chi connectivity index (χ1n) is 6.91. The number of carbonyl (C=O) groups is 2. The lowest BCUT2D eigenvalue weighted by Crippen LogP contribution is -2.33. The van der Waals surface area contributed by atoms with Crippen molar-refractivity contribution >= 4 is 33.4 Å². The molecule has 4 rings (SSSR count). The van der Waals surface area contributed by atoms with Gasteiger partial charge < -0.3 is 0 Å². The Labute approximate surface area is 125 Å². The summed E-state index contributed by atoms with van der Waals surface area (Å²) in [6.07, 6.45) is 5.21.